The number of hydrogen-bond acceptors (Lipinski definition) is 3. The van der Waals surface area contributed by atoms with Crippen LogP contribution in [0.15, 0.2) is 70.8 Å². The molecule has 3 aromatic rings. The van der Waals surface area contributed by atoms with Crippen LogP contribution in [0.5, 0.6) is 0 Å². The van der Waals surface area contributed by atoms with E-state index in [0.717, 1.165) is 16.9 Å². The van der Waals surface area contributed by atoms with Crippen LogP contribution < -0.4 is 9.77 Å². The van der Waals surface area contributed by atoms with Gasteiger partial charge in [-0.25, -0.2) is 0 Å². The fraction of sp³-hybridized carbons (Fsp3) is 0.200. The number of amides is 1. The first-order chi connectivity index (χ1) is 12.1. The lowest BCUT2D eigenvalue weighted by atomic mass is 10.2. The van der Waals surface area contributed by atoms with Gasteiger partial charge in [0.05, 0.1) is 6.54 Å². The molecule has 0 saturated carbocycles. The van der Waals surface area contributed by atoms with Crippen molar-refractivity contribution < 1.29 is 4.79 Å². The van der Waals surface area contributed by atoms with Crippen molar-refractivity contribution in [1.29, 1.82) is 0 Å². The molecule has 0 saturated heterocycles. The maximum Gasteiger partial charge on any atom is 0.307 e. The first kappa shape index (κ1) is 17.2. The Labute approximate surface area is 151 Å². The van der Waals surface area contributed by atoms with Crippen molar-refractivity contribution in [2.75, 3.05) is 4.90 Å². The summed E-state index contributed by atoms with van der Waals surface area (Å²) in [6.07, 6.45) is 0.291. The molecule has 1 aromatic heterocycles. The monoisotopic (exact) mass is 352 g/mol. The first-order valence-corrected chi connectivity index (χ1v) is 9.07. The minimum Gasteiger partial charge on any atom is -0.308 e. The van der Waals surface area contributed by atoms with Gasteiger partial charge in [-0.05, 0) is 24.6 Å². The fourth-order valence-electron chi connectivity index (χ4n) is 2.71. The van der Waals surface area contributed by atoms with Crippen LogP contribution in [-0.4, -0.2) is 10.5 Å². The third-order valence-electron chi connectivity index (χ3n) is 4.08. The molecule has 0 aliphatic heterocycles. The van der Waals surface area contributed by atoms with E-state index in [9.17, 15) is 9.59 Å². The average Bonchev–Trinajstić information content (AvgIpc) is 2.97. The number of hydrogen-bond donors (Lipinski definition) is 0. The van der Waals surface area contributed by atoms with E-state index in [-0.39, 0.29) is 10.8 Å². The second-order valence-electron chi connectivity index (χ2n) is 5.85. The van der Waals surface area contributed by atoms with Crippen molar-refractivity contribution in [3.63, 3.8) is 0 Å². The highest BCUT2D eigenvalue weighted by atomic mass is 32.1. The van der Waals surface area contributed by atoms with Gasteiger partial charge in [-0.2, -0.15) is 0 Å². The second-order valence-corrected chi connectivity index (χ2v) is 6.67. The maximum atomic E-state index is 12.9. The van der Waals surface area contributed by atoms with Crippen molar-refractivity contribution in [3.8, 4) is 0 Å². The van der Waals surface area contributed by atoms with E-state index in [0.29, 0.717) is 19.5 Å². The van der Waals surface area contributed by atoms with Crippen LogP contribution in [-0.2, 0) is 17.9 Å². The Balaban J connectivity index is 1.79. The number of benzene rings is 2. The first-order valence-electron chi connectivity index (χ1n) is 8.19. The van der Waals surface area contributed by atoms with Gasteiger partial charge in [-0.15, -0.1) is 0 Å². The lowest BCUT2D eigenvalue weighted by molar-refractivity contribution is -0.119. The van der Waals surface area contributed by atoms with Gasteiger partial charge in [0.25, 0.3) is 0 Å². The Bertz CT molecular complexity index is 885. The summed E-state index contributed by atoms with van der Waals surface area (Å²) in [7, 11) is 0. The zero-order chi connectivity index (χ0) is 17.6. The molecule has 0 bridgehead atoms. The predicted octanol–water partition coefficient (Wildman–Crippen LogP) is 3.84. The highest BCUT2D eigenvalue weighted by molar-refractivity contribution is 7.07. The van der Waals surface area contributed by atoms with Crippen molar-refractivity contribution >= 4 is 22.9 Å². The van der Waals surface area contributed by atoms with Gasteiger partial charge in [0.2, 0.25) is 5.91 Å². The molecule has 0 fully saturated rings. The smallest absolute Gasteiger partial charge is 0.307 e. The van der Waals surface area contributed by atoms with Gasteiger partial charge in [-0.1, -0.05) is 59.9 Å². The summed E-state index contributed by atoms with van der Waals surface area (Å²) < 4.78 is 1.66. The van der Waals surface area contributed by atoms with Crippen molar-refractivity contribution in [1.82, 2.24) is 4.57 Å². The molecule has 0 unspecified atom stereocenters. The summed E-state index contributed by atoms with van der Waals surface area (Å²) in [5.41, 5.74) is 2.84. The topological polar surface area (TPSA) is 42.3 Å². The largest absolute Gasteiger partial charge is 0.308 e. The van der Waals surface area contributed by atoms with Gasteiger partial charge in [0.1, 0.15) is 0 Å². The molecular formula is C20H20N2O2S. The molecule has 0 spiro atoms. The minimum absolute atomic E-state index is 0.00699. The molecule has 1 heterocycles. The van der Waals surface area contributed by atoms with Crippen LogP contribution >= 0.6 is 11.3 Å². The lowest BCUT2D eigenvalue weighted by Gasteiger charge is -2.23. The molecule has 1 amide bonds. The summed E-state index contributed by atoms with van der Waals surface area (Å²) in [5.74, 6) is 0.00699. The number of aromatic nitrogens is 1. The molecule has 2 aromatic carbocycles. The van der Waals surface area contributed by atoms with E-state index in [2.05, 4.69) is 0 Å². The van der Waals surface area contributed by atoms with E-state index in [1.807, 2.05) is 73.0 Å². The molecule has 0 aliphatic rings. The van der Waals surface area contributed by atoms with E-state index in [4.69, 9.17) is 0 Å². The predicted molar refractivity (Wildman–Crippen MR) is 102 cm³/mol. The van der Waals surface area contributed by atoms with E-state index < -0.39 is 0 Å². The molecule has 25 heavy (non-hydrogen) atoms. The zero-order valence-corrected chi connectivity index (χ0v) is 14.9. The van der Waals surface area contributed by atoms with E-state index >= 15 is 0 Å². The molecule has 128 valence electrons. The number of rotatable bonds is 6. The summed E-state index contributed by atoms with van der Waals surface area (Å²) in [6, 6.07) is 19.6. The highest BCUT2D eigenvalue weighted by Gasteiger charge is 2.17. The number of anilines is 1. The summed E-state index contributed by atoms with van der Waals surface area (Å²) in [4.78, 5) is 26.5. The summed E-state index contributed by atoms with van der Waals surface area (Å²) in [5, 5.41) is 1.83. The zero-order valence-electron chi connectivity index (χ0n) is 14.1. The van der Waals surface area contributed by atoms with Crippen LogP contribution in [0.2, 0.25) is 0 Å². The molecular weight excluding hydrogens is 332 g/mol. The Kier molecular flexibility index (Phi) is 5.46. The van der Waals surface area contributed by atoms with E-state index in [1.54, 1.807) is 9.47 Å². The molecule has 0 aliphatic carbocycles. The average molecular weight is 352 g/mol. The van der Waals surface area contributed by atoms with Crippen molar-refractivity contribution in [2.45, 2.75) is 26.4 Å². The van der Waals surface area contributed by atoms with Crippen LogP contribution in [0.3, 0.4) is 0 Å². The maximum absolute atomic E-state index is 12.9. The van der Waals surface area contributed by atoms with Crippen LogP contribution in [0.4, 0.5) is 5.69 Å². The second kappa shape index (κ2) is 7.94. The summed E-state index contributed by atoms with van der Waals surface area (Å²) >= 11 is 1.17. The molecule has 3 rings (SSSR count). The number of aryl methyl sites for hydroxylation is 1. The molecule has 5 heteroatoms. The highest BCUT2D eigenvalue weighted by Crippen LogP contribution is 2.18. The Morgan fingerprint density at radius 2 is 1.68 bits per heavy atom. The van der Waals surface area contributed by atoms with Crippen molar-refractivity contribution in [2.24, 2.45) is 0 Å². The van der Waals surface area contributed by atoms with Crippen LogP contribution in [0.1, 0.15) is 17.7 Å². The Hall–Kier alpha value is -2.66. The molecule has 0 N–H and O–H groups in total. The lowest BCUT2D eigenvalue weighted by Crippen LogP contribution is -2.32. The number of carbonyl (C=O) groups is 1. The van der Waals surface area contributed by atoms with Gasteiger partial charge in [0.15, 0.2) is 0 Å². The van der Waals surface area contributed by atoms with Gasteiger partial charge in [-0.3, -0.25) is 9.59 Å². The van der Waals surface area contributed by atoms with Crippen molar-refractivity contribution in [3.05, 3.63) is 87.0 Å². The molecule has 4 nitrogen and oxygen atoms in total. The normalized spacial score (nSPS) is 10.6. The fourth-order valence-corrected chi connectivity index (χ4v) is 3.48. The third-order valence-corrected chi connectivity index (χ3v) is 4.96. The number of carbonyl (C=O) groups excluding carboxylic acids is 1. The standard InChI is InChI=1S/C20H20N2O2S/c1-16-15-25-20(24)21(16)13-12-19(23)22(18-10-6-3-7-11-18)14-17-8-4-2-5-9-17/h2-11,15H,12-14H2,1H3. The molecule has 0 radical (unpaired) electrons. The minimum atomic E-state index is -0.0142. The van der Waals surface area contributed by atoms with Gasteiger partial charge >= 0.3 is 4.87 Å². The SMILES string of the molecule is Cc1csc(=O)n1CCC(=O)N(Cc1ccccc1)c1ccccc1. The van der Waals surface area contributed by atoms with Gasteiger partial charge in [0, 0.05) is 29.7 Å². The quantitative estimate of drug-likeness (QED) is 0.676. The number of nitrogens with zero attached hydrogens (tertiary/aromatic N) is 2. The van der Waals surface area contributed by atoms with E-state index in [1.165, 1.54) is 11.3 Å². The number of para-hydroxylation sites is 1. The van der Waals surface area contributed by atoms with Crippen LogP contribution in [0, 0.1) is 6.92 Å². The Morgan fingerprint density at radius 1 is 1.04 bits per heavy atom. The number of thiazole rings is 1. The summed E-state index contributed by atoms with van der Waals surface area (Å²) in [6.45, 7) is 2.81. The Morgan fingerprint density at radius 3 is 2.28 bits per heavy atom. The van der Waals surface area contributed by atoms with Gasteiger partial charge < -0.3 is 9.47 Å². The third kappa shape index (κ3) is 4.25. The van der Waals surface area contributed by atoms with Crippen LogP contribution in [0.25, 0.3) is 0 Å². The molecule has 0 atom stereocenters.